The molecule has 138 valence electrons. The van der Waals surface area contributed by atoms with Crippen LogP contribution < -0.4 is 0 Å². The van der Waals surface area contributed by atoms with Crippen LogP contribution in [-0.2, 0) is 18.8 Å². The van der Waals surface area contributed by atoms with E-state index in [4.69, 9.17) is 9.16 Å². The van der Waals surface area contributed by atoms with Gasteiger partial charge in [0.1, 0.15) is 0 Å². The van der Waals surface area contributed by atoms with Gasteiger partial charge in [-0.15, -0.1) is 11.8 Å². The van der Waals surface area contributed by atoms with Crippen molar-refractivity contribution >= 4 is 32.6 Å². The van der Waals surface area contributed by atoms with Crippen molar-refractivity contribution in [3.8, 4) is 0 Å². The number of ketones is 1. The molecule has 0 saturated carbocycles. The standard InChI is InChI=1S/C18H32O4SSi/c1-18(2,3)13-11-14(19)16(12-13)23-10-8-7-9-15(21-4)17(20)22-24(5)6/h12-13,15,24H,7-11H2,1-6H3/t13-,15?/m1/s1. The number of thioether (sulfide) groups is 1. The largest absolute Gasteiger partial charge is 0.521 e. The summed E-state index contributed by atoms with van der Waals surface area (Å²) in [7, 11) is 0.186. The Kier molecular flexibility index (Phi) is 8.74. The third-order valence-electron chi connectivity index (χ3n) is 4.16. The Bertz CT molecular complexity index is 468. The molecule has 0 spiro atoms. The maximum Gasteiger partial charge on any atom is 0.321 e. The molecule has 4 nitrogen and oxygen atoms in total. The van der Waals surface area contributed by atoms with Crippen LogP contribution in [0.3, 0.4) is 0 Å². The molecular formula is C18H32O4SSi. The predicted octanol–water partition coefficient (Wildman–Crippen LogP) is 3.95. The molecule has 1 aliphatic carbocycles. The monoisotopic (exact) mass is 372 g/mol. The molecule has 0 aromatic rings. The molecule has 0 bridgehead atoms. The second-order valence-corrected chi connectivity index (χ2v) is 11.2. The summed E-state index contributed by atoms with van der Waals surface area (Å²) in [4.78, 5) is 24.9. The van der Waals surface area contributed by atoms with Gasteiger partial charge in [0.2, 0.25) is 9.04 Å². The highest BCUT2D eigenvalue weighted by Gasteiger charge is 2.32. The van der Waals surface area contributed by atoms with Crippen molar-refractivity contribution in [3.05, 3.63) is 11.0 Å². The van der Waals surface area contributed by atoms with E-state index in [2.05, 4.69) is 26.8 Å². The van der Waals surface area contributed by atoms with E-state index in [0.717, 1.165) is 23.5 Å². The van der Waals surface area contributed by atoms with Gasteiger partial charge in [-0.1, -0.05) is 26.8 Å². The van der Waals surface area contributed by atoms with E-state index >= 15 is 0 Å². The highest BCUT2D eigenvalue weighted by Crippen LogP contribution is 2.39. The summed E-state index contributed by atoms with van der Waals surface area (Å²) in [6.07, 6.45) is 4.86. The summed E-state index contributed by atoms with van der Waals surface area (Å²) >= 11 is 1.65. The number of carbonyl (C=O) groups is 2. The van der Waals surface area contributed by atoms with Gasteiger partial charge < -0.3 is 9.16 Å². The van der Waals surface area contributed by atoms with E-state index in [1.807, 2.05) is 13.1 Å². The first-order valence-corrected chi connectivity index (χ1v) is 12.5. The highest BCUT2D eigenvalue weighted by molar-refractivity contribution is 8.04. The van der Waals surface area contributed by atoms with E-state index in [0.29, 0.717) is 18.8 Å². The highest BCUT2D eigenvalue weighted by atomic mass is 32.2. The lowest BCUT2D eigenvalue weighted by atomic mass is 9.80. The fourth-order valence-corrected chi connectivity index (χ4v) is 4.26. The Balaban J connectivity index is 2.31. The number of hydrogen-bond donors (Lipinski definition) is 0. The van der Waals surface area contributed by atoms with Crippen molar-refractivity contribution in [2.75, 3.05) is 12.9 Å². The molecule has 0 saturated heterocycles. The number of rotatable bonds is 9. The Morgan fingerprint density at radius 1 is 1.38 bits per heavy atom. The van der Waals surface area contributed by atoms with E-state index in [9.17, 15) is 9.59 Å². The molecule has 0 aromatic heterocycles. The lowest BCUT2D eigenvalue weighted by molar-refractivity contribution is -0.146. The zero-order valence-electron chi connectivity index (χ0n) is 15.9. The molecule has 1 aliphatic rings. The fraction of sp³-hybridized carbons (Fsp3) is 0.778. The number of allylic oxidation sites excluding steroid dienone is 2. The van der Waals surface area contributed by atoms with E-state index in [-0.39, 0.29) is 17.2 Å². The maximum absolute atomic E-state index is 12.1. The van der Waals surface area contributed by atoms with Gasteiger partial charge in [-0.05, 0) is 49.4 Å². The minimum atomic E-state index is -1.37. The van der Waals surface area contributed by atoms with Gasteiger partial charge in [-0.3, -0.25) is 9.59 Å². The zero-order chi connectivity index (χ0) is 18.3. The molecule has 2 atom stereocenters. The van der Waals surface area contributed by atoms with Crippen LogP contribution in [0.15, 0.2) is 11.0 Å². The molecule has 1 rings (SSSR count). The van der Waals surface area contributed by atoms with Gasteiger partial charge in [0.15, 0.2) is 11.9 Å². The number of ether oxygens (including phenoxy) is 1. The zero-order valence-corrected chi connectivity index (χ0v) is 17.9. The molecule has 0 aliphatic heterocycles. The van der Waals surface area contributed by atoms with Crippen molar-refractivity contribution in [3.63, 3.8) is 0 Å². The van der Waals surface area contributed by atoms with Crippen LogP contribution >= 0.6 is 11.8 Å². The fourth-order valence-electron chi connectivity index (χ4n) is 2.57. The SMILES string of the molecule is COC(CCCCSC1=C[C@H](C(C)(C)C)CC1=O)C(=O)O[SiH](C)C. The molecule has 0 aromatic carbocycles. The van der Waals surface area contributed by atoms with E-state index in [1.54, 1.807) is 18.9 Å². The first kappa shape index (κ1) is 21.4. The average molecular weight is 373 g/mol. The lowest BCUT2D eigenvalue weighted by Gasteiger charge is -2.24. The molecular weight excluding hydrogens is 340 g/mol. The second kappa shape index (κ2) is 9.78. The molecule has 0 amide bonds. The first-order chi connectivity index (χ1) is 11.1. The number of carbonyl (C=O) groups excluding carboxylic acids is 2. The Morgan fingerprint density at radius 2 is 2.04 bits per heavy atom. The summed E-state index contributed by atoms with van der Waals surface area (Å²) in [5.41, 5.74) is 0.143. The smallest absolute Gasteiger partial charge is 0.321 e. The summed E-state index contributed by atoms with van der Waals surface area (Å²) in [5, 5.41) is 0. The molecule has 1 unspecified atom stereocenters. The Labute approximate surface area is 152 Å². The van der Waals surface area contributed by atoms with Gasteiger partial charge >= 0.3 is 5.97 Å². The van der Waals surface area contributed by atoms with Gasteiger partial charge in [0, 0.05) is 18.4 Å². The van der Waals surface area contributed by atoms with Crippen LogP contribution in [0.5, 0.6) is 0 Å². The topological polar surface area (TPSA) is 52.6 Å². The Hall–Kier alpha value is -0.593. The molecule has 0 radical (unpaired) electrons. The van der Waals surface area contributed by atoms with Crippen molar-refractivity contribution in [1.29, 1.82) is 0 Å². The molecule has 6 heteroatoms. The minimum Gasteiger partial charge on any atom is -0.521 e. The average Bonchev–Trinajstić information content (AvgIpc) is 2.83. The Morgan fingerprint density at radius 3 is 2.54 bits per heavy atom. The predicted molar refractivity (Wildman–Crippen MR) is 103 cm³/mol. The molecule has 24 heavy (non-hydrogen) atoms. The minimum absolute atomic E-state index is 0.143. The van der Waals surface area contributed by atoms with Crippen LogP contribution in [0.25, 0.3) is 0 Å². The number of Topliss-reactive ketones (excluding diaryl/α,β-unsaturated/α-hetero) is 1. The van der Waals surface area contributed by atoms with Crippen LogP contribution in [0.1, 0.15) is 46.5 Å². The third kappa shape index (κ3) is 7.11. The molecule has 0 N–H and O–H groups in total. The molecule has 0 fully saturated rings. The van der Waals surface area contributed by atoms with Crippen molar-refractivity contribution in [2.45, 2.75) is 65.7 Å². The van der Waals surface area contributed by atoms with Gasteiger partial charge in [0.25, 0.3) is 0 Å². The van der Waals surface area contributed by atoms with Crippen LogP contribution in [0, 0.1) is 11.3 Å². The van der Waals surface area contributed by atoms with Crippen LogP contribution in [0.4, 0.5) is 0 Å². The van der Waals surface area contributed by atoms with Gasteiger partial charge in [0.05, 0.1) is 0 Å². The molecule has 0 heterocycles. The first-order valence-electron chi connectivity index (χ1n) is 8.76. The quantitative estimate of drug-likeness (QED) is 0.453. The maximum atomic E-state index is 12.1. The van der Waals surface area contributed by atoms with Crippen LogP contribution in [0.2, 0.25) is 13.1 Å². The summed E-state index contributed by atoms with van der Waals surface area (Å²) in [6.45, 7) is 10.5. The van der Waals surface area contributed by atoms with Crippen LogP contribution in [-0.4, -0.2) is 39.8 Å². The lowest BCUT2D eigenvalue weighted by Crippen LogP contribution is -2.29. The second-order valence-electron chi connectivity index (χ2n) is 7.68. The summed E-state index contributed by atoms with van der Waals surface area (Å²) < 4.78 is 10.6. The van der Waals surface area contributed by atoms with Crippen molar-refractivity contribution < 1.29 is 18.8 Å². The van der Waals surface area contributed by atoms with E-state index < -0.39 is 15.1 Å². The van der Waals surface area contributed by atoms with Crippen molar-refractivity contribution in [2.24, 2.45) is 11.3 Å². The summed E-state index contributed by atoms with van der Waals surface area (Å²) in [6, 6.07) is 0. The van der Waals surface area contributed by atoms with Gasteiger partial charge in [-0.25, -0.2) is 0 Å². The summed E-state index contributed by atoms with van der Waals surface area (Å²) in [5.74, 6) is 1.30. The van der Waals surface area contributed by atoms with E-state index in [1.165, 1.54) is 0 Å². The third-order valence-corrected chi connectivity index (χ3v) is 6.03. The number of unbranched alkanes of at least 4 members (excludes halogenated alkanes) is 1. The number of hydrogen-bond acceptors (Lipinski definition) is 5. The van der Waals surface area contributed by atoms with Crippen molar-refractivity contribution in [1.82, 2.24) is 0 Å². The normalized spacial score (nSPS) is 19.5. The number of methoxy groups -OCH3 is 1. The van der Waals surface area contributed by atoms with Gasteiger partial charge in [-0.2, -0.15) is 0 Å².